The zero-order valence-electron chi connectivity index (χ0n) is 9.12. The average Bonchev–Trinajstić information content (AvgIpc) is 2.58. The standard InChI is InChI=1S/C11H17NO2S/c1-8-4-6-15-10(8)7-12-5-3-9(2)11(13)14/h4,6,9,12H,3,5,7H2,1-2H3,(H,13,14). The molecule has 0 spiro atoms. The molecule has 4 heteroatoms. The lowest BCUT2D eigenvalue weighted by Crippen LogP contribution is -2.20. The smallest absolute Gasteiger partial charge is 0.306 e. The normalized spacial score (nSPS) is 12.7. The minimum Gasteiger partial charge on any atom is -0.481 e. The van der Waals surface area contributed by atoms with E-state index in [-0.39, 0.29) is 5.92 Å². The fourth-order valence-electron chi connectivity index (χ4n) is 1.23. The van der Waals surface area contributed by atoms with E-state index < -0.39 is 5.97 Å². The van der Waals surface area contributed by atoms with Gasteiger partial charge in [-0.15, -0.1) is 11.3 Å². The van der Waals surface area contributed by atoms with Crippen molar-refractivity contribution in [3.05, 3.63) is 21.9 Å². The van der Waals surface area contributed by atoms with Crippen LogP contribution in [0.15, 0.2) is 11.4 Å². The number of hydrogen-bond acceptors (Lipinski definition) is 3. The fraction of sp³-hybridized carbons (Fsp3) is 0.545. The van der Waals surface area contributed by atoms with Crippen LogP contribution >= 0.6 is 11.3 Å². The molecule has 0 saturated carbocycles. The maximum Gasteiger partial charge on any atom is 0.306 e. The van der Waals surface area contributed by atoms with E-state index in [4.69, 9.17) is 5.11 Å². The molecule has 1 aromatic heterocycles. The monoisotopic (exact) mass is 227 g/mol. The van der Waals surface area contributed by atoms with Crippen molar-refractivity contribution < 1.29 is 9.90 Å². The van der Waals surface area contributed by atoms with Crippen LogP contribution in [-0.4, -0.2) is 17.6 Å². The van der Waals surface area contributed by atoms with E-state index in [0.717, 1.165) is 13.1 Å². The quantitative estimate of drug-likeness (QED) is 0.733. The molecule has 1 aromatic rings. The van der Waals surface area contributed by atoms with Gasteiger partial charge in [-0.2, -0.15) is 0 Å². The van der Waals surface area contributed by atoms with Gasteiger partial charge in [-0.1, -0.05) is 6.92 Å². The maximum absolute atomic E-state index is 10.6. The van der Waals surface area contributed by atoms with Crippen molar-refractivity contribution in [2.45, 2.75) is 26.8 Å². The van der Waals surface area contributed by atoms with Gasteiger partial charge in [0.2, 0.25) is 0 Å². The first-order valence-corrected chi connectivity index (χ1v) is 5.95. The highest BCUT2D eigenvalue weighted by Gasteiger charge is 2.09. The molecule has 0 amide bonds. The van der Waals surface area contributed by atoms with Crippen molar-refractivity contribution in [2.75, 3.05) is 6.54 Å². The summed E-state index contributed by atoms with van der Waals surface area (Å²) in [6.07, 6.45) is 0.680. The summed E-state index contributed by atoms with van der Waals surface area (Å²) in [5.41, 5.74) is 1.30. The van der Waals surface area contributed by atoms with Gasteiger partial charge in [0.05, 0.1) is 5.92 Å². The van der Waals surface area contributed by atoms with Crippen molar-refractivity contribution in [2.24, 2.45) is 5.92 Å². The Hall–Kier alpha value is -0.870. The minimum atomic E-state index is -0.718. The first-order valence-electron chi connectivity index (χ1n) is 5.07. The Balaban J connectivity index is 2.17. The lowest BCUT2D eigenvalue weighted by molar-refractivity contribution is -0.141. The third kappa shape index (κ3) is 4.01. The molecule has 0 radical (unpaired) electrons. The first-order chi connectivity index (χ1) is 7.11. The van der Waals surface area contributed by atoms with Crippen LogP contribution in [0.5, 0.6) is 0 Å². The van der Waals surface area contributed by atoms with Crippen molar-refractivity contribution in [1.29, 1.82) is 0 Å². The Kier molecular flexibility index (Phi) is 4.78. The predicted molar refractivity (Wildman–Crippen MR) is 62.2 cm³/mol. The highest BCUT2D eigenvalue weighted by molar-refractivity contribution is 7.10. The molecule has 0 aliphatic heterocycles. The largest absolute Gasteiger partial charge is 0.481 e. The summed E-state index contributed by atoms with van der Waals surface area (Å²) in [5, 5.41) is 14.0. The molecule has 1 atom stereocenters. The Morgan fingerprint density at radius 2 is 2.40 bits per heavy atom. The number of nitrogens with one attached hydrogen (secondary N) is 1. The molecule has 0 bridgehead atoms. The van der Waals surface area contributed by atoms with Gasteiger partial charge in [0, 0.05) is 11.4 Å². The second kappa shape index (κ2) is 5.88. The highest BCUT2D eigenvalue weighted by atomic mass is 32.1. The molecule has 1 rings (SSSR count). The zero-order chi connectivity index (χ0) is 11.3. The Morgan fingerprint density at radius 3 is 2.93 bits per heavy atom. The summed E-state index contributed by atoms with van der Waals surface area (Å²) in [6.45, 7) is 5.43. The van der Waals surface area contributed by atoms with Gasteiger partial charge in [0.25, 0.3) is 0 Å². The van der Waals surface area contributed by atoms with Gasteiger partial charge in [-0.3, -0.25) is 4.79 Å². The molecule has 0 aliphatic carbocycles. The number of thiophene rings is 1. The van der Waals surface area contributed by atoms with Crippen molar-refractivity contribution in [3.63, 3.8) is 0 Å². The molecule has 0 aromatic carbocycles. The van der Waals surface area contributed by atoms with Crippen LogP contribution in [0.1, 0.15) is 23.8 Å². The summed E-state index contributed by atoms with van der Waals surface area (Å²) >= 11 is 1.74. The van der Waals surface area contributed by atoms with Crippen molar-refractivity contribution in [1.82, 2.24) is 5.32 Å². The molecule has 0 fully saturated rings. The van der Waals surface area contributed by atoms with Crippen LogP contribution in [0.25, 0.3) is 0 Å². The van der Waals surface area contributed by atoms with Crippen molar-refractivity contribution in [3.8, 4) is 0 Å². The molecule has 0 aliphatic rings. The number of aliphatic carboxylic acids is 1. The number of carboxylic acid groups (broad SMARTS) is 1. The summed E-state index contributed by atoms with van der Waals surface area (Å²) in [7, 11) is 0. The molecular weight excluding hydrogens is 210 g/mol. The topological polar surface area (TPSA) is 49.3 Å². The Morgan fingerprint density at radius 1 is 1.67 bits per heavy atom. The van der Waals surface area contributed by atoms with Crippen molar-refractivity contribution >= 4 is 17.3 Å². The second-order valence-electron chi connectivity index (χ2n) is 3.73. The van der Waals surface area contributed by atoms with Gasteiger partial charge in [0.15, 0.2) is 0 Å². The van der Waals surface area contributed by atoms with Crippen LogP contribution < -0.4 is 5.32 Å². The van der Waals surface area contributed by atoms with Gasteiger partial charge in [0.1, 0.15) is 0 Å². The third-order valence-corrected chi connectivity index (χ3v) is 3.45. The summed E-state index contributed by atoms with van der Waals surface area (Å²) < 4.78 is 0. The van der Waals surface area contributed by atoms with Crippen LogP contribution in [0.4, 0.5) is 0 Å². The van der Waals surface area contributed by atoms with Crippen LogP contribution in [0, 0.1) is 12.8 Å². The maximum atomic E-state index is 10.6. The van der Waals surface area contributed by atoms with Gasteiger partial charge >= 0.3 is 5.97 Å². The SMILES string of the molecule is Cc1ccsc1CNCCC(C)C(=O)O. The Labute approximate surface area is 94.1 Å². The van der Waals surface area contributed by atoms with Crippen LogP contribution in [-0.2, 0) is 11.3 Å². The number of aryl methyl sites for hydroxylation is 1. The number of hydrogen-bond donors (Lipinski definition) is 2. The molecule has 84 valence electrons. The molecule has 3 nitrogen and oxygen atoms in total. The van der Waals surface area contributed by atoms with Gasteiger partial charge in [-0.25, -0.2) is 0 Å². The minimum absolute atomic E-state index is 0.262. The molecule has 2 N–H and O–H groups in total. The molecule has 0 saturated heterocycles. The van der Waals surface area contributed by atoms with Crippen LogP contribution in [0.3, 0.4) is 0 Å². The van der Waals surface area contributed by atoms with E-state index in [0.29, 0.717) is 6.42 Å². The number of rotatable bonds is 6. The summed E-state index contributed by atoms with van der Waals surface area (Å²) in [6, 6.07) is 2.10. The highest BCUT2D eigenvalue weighted by Crippen LogP contribution is 2.14. The van der Waals surface area contributed by atoms with E-state index in [1.54, 1.807) is 18.3 Å². The predicted octanol–water partition coefficient (Wildman–Crippen LogP) is 2.26. The average molecular weight is 227 g/mol. The van der Waals surface area contributed by atoms with E-state index >= 15 is 0 Å². The van der Waals surface area contributed by atoms with Crippen LogP contribution in [0.2, 0.25) is 0 Å². The van der Waals surface area contributed by atoms with E-state index in [1.807, 2.05) is 0 Å². The Bertz CT molecular complexity index is 322. The first kappa shape index (κ1) is 12.2. The number of carbonyl (C=O) groups is 1. The zero-order valence-corrected chi connectivity index (χ0v) is 9.93. The summed E-state index contributed by atoms with van der Waals surface area (Å²) in [4.78, 5) is 11.9. The second-order valence-corrected chi connectivity index (χ2v) is 4.73. The summed E-state index contributed by atoms with van der Waals surface area (Å²) in [5.74, 6) is -0.981. The fourth-order valence-corrected chi connectivity index (χ4v) is 2.10. The molecule has 1 heterocycles. The lowest BCUT2D eigenvalue weighted by atomic mass is 10.1. The molecule has 1 unspecified atom stereocenters. The molecular formula is C11H17NO2S. The van der Waals surface area contributed by atoms with Gasteiger partial charge in [-0.05, 0) is 36.9 Å². The van der Waals surface area contributed by atoms with E-state index in [9.17, 15) is 4.79 Å². The molecule has 15 heavy (non-hydrogen) atoms. The van der Waals surface area contributed by atoms with Gasteiger partial charge < -0.3 is 10.4 Å². The van der Waals surface area contributed by atoms with E-state index in [1.165, 1.54) is 10.4 Å². The number of carboxylic acids is 1. The lowest BCUT2D eigenvalue weighted by Gasteiger charge is -2.07. The third-order valence-electron chi connectivity index (χ3n) is 2.43. The van der Waals surface area contributed by atoms with E-state index in [2.05, 4.69) is 23.7 Å².